The van der Waals surface area contributed by atoms with Crippen LogP contribution in [0.1, 0.15) is 30.9 Å². The number of hydrogen-bond acceptors (Lipinski definition) is 4. The van der Waals surface area contributed by atoms with E-state index in [1.54, 1.807) is 12.1 Å². The highest BCUT2D eigenvalue weighted by Gasteiger charge is 2.34. The largest absolute Gasteiger partial charge is 0.284 e. The molecule has 8 heteroatoms. The van der Waals surface area contributed by atoms with Crippen molar-refractivity contribution < 1.29 is 4.79 Å². The Hall–Kier alpha value is -1.35. The summed E-state index contributed by atoms with van der Waals surface area (Å²) in [6, 6.07) is 13.5. The number of rotatable bonds is 4. The van der Waals surface area contributed by atoms with E-state index in [0.29, 0.717) is 22.2 Å². The van der Waals surface area contributed by atoms with E-state index in [4.69, 9.17) is 23.2 Å². The van der Waals surface area contributed by atoms with E-state index < -0.39 is 0 Å². The number of hydrazine groups is 1. The van der Waals surface area contributed by atoms with Crippen LogP contribution in [-0.4, -0.2) is 29.7 Å². The molecular formula is C20H19Cl2IN4O. The summed E-state index contributed by atoms with van der Waals surface area (Å²) in [5, 5.41) is 9.52. The van der Waals surface area contributed by atoms with Gasteiger partial charge in [-0.05, 0) is 71.3 Å². The van der Waals surface area contributed by atoms with Crippen LogP contribution >= 0.6 is 45.8 Å². The molecule has 0 bridgehead atoms. The minimum atomic E-state index is -0.148. The van der Waals surface area contributed by atoms with Gasteiger partial charge in [0.1, 0.15) is 5.71 Å². The Labute approximate surface area is 187 Å². The molecule has 0 radical (unpaired) electrons. The highest BCUT2D eigenvalue weighted by Crippen LogP contribution is 2.39. The molecule has 146 valence electrons. The Balaban J connectivity index is 1.65. The van der Waals surface area contributed by atoms with Gasteiger partial charge in [-0.3, -0.25) is 15.2 Å². The molecule has 5 nitrogen and oxygen atoms in total. The van der Waals surface area contributed by atoms with Crippen LogP contribution in [0.3, 0.4) is 0 Å². The zero-order valence-corrected chi connectivity index (χ0v) is 18.7. The van der Waals surface area contributed by atoms with Gasteiger partial charge in [0.05, 0.1) is 16.8 Å². The predicted molar refractivity (Wildman–Crippen MR) is 122 cm³/mol. The van der Waals surface area contributed by atoms with Crippen molar-refractivity contribution in [2.24, 2.45) is 5.10 Å². The first-order chi connectivity index (χ1) is 13.5. The number of nitrogens with zero attached hydrogens (tertiary/aromatic N) is 3. The fourth-order valence-electron chi connectivity index (χ4n) is 3.52. The van der Waals surface area contributed by atoms with Crippen molar-refractivity contribution in [3.8, 4) is 0 Å². The zero-order valence-electron chi connectivity index (χ0n) is 15.0. The van der Waals surface area contributed by atoms with Crippen LogP contribution in [-0.2, 0) is 4.79 Å². The monoisotopic (exact) mass is 528 g/mol. The summed E-state index contributed by atoms with van der Waals surface area (Å²) >= 11 is 14.8. The van der Waals surface area contributed by atoms with Gasteiger partial charge in [0.2, 0.25) is 0 Å². The third-order valence-corrected chi connectivity index (χ3v) is 6.21. The average molecular weight is 529 g/mol. The van der Waals surface area contributed by atoms with Crippen molar-refractivity contribution in [3.05, 3.63) is 61.6 Å². The van der Waals surface area contributed by atoms with Gasteiger partial charge >= 0.3 is 0 Å². The van der Waals surface area contributed by atoms with Gasteiger partial charge in [-0.2, -0.15) is 5.10 Å². The second kappa shape index (κ2) is 8.57. The fourth-order valence-corrected chi connectivity index (χ4v) is 4.37. The van der Waals surface area contributed by atoms with Crippen LogP contribution in [0.25, 0.3) is 0 Å². The molecule has 0 spiro atoms. The lowest BCUT2D eigenvalue weighted by Gasteiger charge is -2.25. The molecule has 2 heterocycles. The zero-order chi connectivity index (χ0) is 19.7. The molecule has 1 N–H and O–H groups in total. The Morgan fingerprint density at radius 1 is 1.11 bits per heavy atom. The lowest BCUT2D eigenvalue weighted by atomic mass is 10.0. The van der Waals surface area contributed by atoms with Gasteiger partial charge in [0.15, 0.2) is 0 Å². The summed E-state index contributed by atoms with van der Waals surface area (Å²) in [7, 11) is 0. The number of carbonyl (C=O) groups excluding carboxylic acids is 1. The minimum Gasteiger partial charge on any atom is -0.284 e. The van der Waals surface area contributed by atoms with E-state index >= 15 is 0 Å². The molecule has 0 saturated carbocycles. The fraction of sp³-hybridized carbons (Fsp3) is 0.300. The standard InChI is InChI=1S/C20H19Cl2IN4O/c21-14-5-8-18(16(22)11-14)27-19(13-3-6-15(23)7-4-13)12-17(24-27)20(28)25-26-9-1-2-10-26/h3-8,11,19H,1-2,9-10,12H2,(H,25,28). The molecule has 0 aliphatic carbocycles. The lowest BCUT2D eigenvalue weighted by Crippen LogP contribution is -2.43. The van der Waals surface area contributed by atoms with Crippen LogP contribution < -0.4 is 10.4 Å². The molecule has 2 aliphatic heterocycles. The molecule has 2 aliphatic rings. The minimum absolute atomic E-state index is 0.102. The molecule has 1 atom stereocenters. The topological polar surface area (TPSA) is 47.9 Å². The summed E-state index contributed by atoms with van der Waals surface area (Å²) in [6.07, 6.45) is 2.72. The summed E-state index contributed by atoms with van der Waals surface area (Å²) in [6.45, 7) is 1.76. The second-order valence-electron chi connectivity index (χ2n) is 6.89. The van der Waals surface area contributed by atoms with Crippen molar-refractivity contribution in [3.63, 3.8) is 0 Å². The molecular weight excluding hydrogens is 510 g/mol. The Kier molecular flexibility index (Phi) is 6.10. The summed E-state index contributed by atoms with van der Waals surface area (Å²) < 4.78 is 1.16. The summed E-state index contributed by atoms with van der Waals surface area (Å²) in [5.41, 5.74) is 5.30. The molecule has 1 unspecified atom stereocenters. The van der Waals surface area contributed by atoms with Gasteiger partial charge in [-0.1, -0.05) is 35.3 Å². The first-order valence-electron chi connectivity index (χ1n) is 9.14. The van der Waals surface area contributed by atoms with E-state index in [9.17, 15) is 4.79 Å². The maximum Gasteiger partial charge on any atom is 0.281 e. The van der Waals surface area contributed by atoms with Gasteiger partial charge in [-0.25, -0.2) is 5.01 Å². The first kappa shape index (κ1) is 19.9. The van der Waals surface area contributed by atoms with Crippen molar-refractivity contribution in [1.82, 2.24) is 10.4 Å². The normalized spacial score (nSPS) is 19.8. The van der Waals surface area contributed by atoms with Gasteiger partial charge in [-0.15, -0.1) is 0 Å². The first-order valence-corrected chi connectivity index (χ1v) is 11.0. The van der Waals surface area contributed by atoms with Crippen LogP contribution in [0.15, 0.2) is 47.6 Å². The highest BCUT2D eigenvalue weighted by atomic mass is 127. The molecule has 28 heavy (non-hydrogen) atoms. The van der Waals surface area contributed by atoms with Gasteiger partial charge in [0.25, 0.3) is 5.91 Å². The van der Waals surface area contributed by atoms with Gasteiger partial charge in [0, 0.05) is 28.1 Å². The van der Waals surface area contributed by atoms with Crippen LogP contribution in [0.2, 0.25) is 10.0 Å². The number of carbonyl (C=O) groups is 1. The quantitative estimate of drug-likeness (QED) is 0.566. The molecule has 1 fully saturated rings. The third kappa shape index (κ3) is 4.30. The van der Waals surface area contributed by atoms with E-state index in [0.717, 1.165) is 40.8 Å². The smallest absolute Gasteiger partial charge is 0.281 e. The number of nitrogens with one attached hydrogen (secondary N) is 1. The number of halogens is 3. The van der Waals surface area contributed by atoms with E-state index in [1.807, 2.05) is 16.1 Å². The van der Waals surface area contributed by atoms with Crippen molar-refractivity contribution in [2.75, 3.05) is 18.1 Å². The highest BCUT2D eigenvalue weighted by molar-refractivity contribution is 14.1. The predicted octanol–water partition coefficient (Wildman–Crippen LogP) is 5.03. The average Bonchev–Trinajstić information content (AvgIpc) is 3.32. The van der Waals surface area contributed by atoms with Gasteiger partial charge < -0.3 is 0 Å². The van der Waals surface area contributed by atoms with E-state index in [2.05, 4.69) is 57.4 Å². The van der Waals surface area contributed by atoms with Crippen LogP contribution in [0.4, 0.5) is 5.69 Å². The molecule has 1 saturated heterocycles. The Morgan fingerprint density at radius 3 is 2.50 bits per heavy atom. The second-order valence-corrected chi connectivity index (χ2v) is 8.98. The maximum absolute atomic E-state index is 12.8. The van der Waals surface area contributed by atoms with E-state index in [1.165, 1.54) is 0 Å². The van der Waals surface area contributed by atoms with Crippen molar-refractivity contribution >= 4 is 63.1 Å². The summed E-state index contributed by atoms with van der Waals surface area (Å²) in [5.74, 6) is -0.148. The summed E-state index contributed by atoms with van der Waals surface area (Å²) in [4.78, 5) is 12.8. The van der Waals surface area contributed by atoms with Crippen LogP contribution in [0, 0.1) is 3.57 Å². The molecule has 4 rings (SSSR count). The number of amides is 1. The number of benzene rings is 2. The number of anilines is 1. The molecule has 1 amide bonds. The molecule has 0 aromatic heterocycles. The van der Waals surface area contributed by atoms with Crippen molar-refractivity contribution in [1.29, 1.82) is 0 Å². The maximum atomic E-state index is 12.8. The van der Waals surface area contributed by atoms with Crippen molar-refractivity contribution in [2.45, 2.75) is 25.3 Å². The SMILES string of the molecule is O=C(NN1CCCC1)C1=NN(c2ccc(Cl)cc2Cl)C(c2ccc(I)cc2)C1. The third-order valence-electron chi connectivity index (χ3n) is 4.95. The lowest BCUT2D eigenvalue weighted by molar-refractivity contribution is -0.119. The van der Waals surface area contributed by atoms with E-state index in [-0.39, 0.29) is 11.9 Å². The Morgan fingerprint density at radius 2 is 1.82 bits per heavy atom. The van der Waals surface area contributed by atoms with Crippen LogP contribution in [0.5, 0.6) is 0 Å². The number of hydrogen-bond donors (Lipinski definition) is 1. The molecule has 2 aromatic rings. The Bertz CT molecular complexity index is 913. The number of hydrazone groups is 1. The molecule has 2 aromatic carbocycles.